The van der Waals surface area contributed by atoms with Gasteiger partial charge in [-0.3, -0.25) is 5.32 Å². The number of anilines is 1. The number of rotatable bonds is 3. The molecule has 1 heterocycles. The van der Waals surface area contributed by atoms with E-state index in [0.717, 1.165) is 11.1 Å². The van der Waals surface area contributed by atoms with E-state index < -0.39 is 0 Å². The highest BCUT2D eigenvalue weighted by molar-refractivity contribution is 6.31. The molecule has 0 fully saturated rings. The van der Waals surface area contributed by atoms with Crippen molar-refractivity contribution in [3.05, 3.63) is 35.6 Å². The zero-order valence-corrected chi connectivity index (χ0v) is 10.3. The summed E-state index contributed by atoms with van der Waals surface area (Å²) in [6.07, 6.45) is 4.95. The molecule has 2 aromatic rings. The summed E-state index contributed by atoms with van der Waals surface area (Å²) in [5, 5.41) is 11.4. The van der Waals surface area contributed by atoms with Crippen molar-refractivity contribution in [2.45, 2.75) is 0 Å². The second-order valence-corrected chi connectivity index (χ2v) is 3.81. The van der Waals surface area contributed by atoms with Gasteiger partial charge in [-0.1, -0.05) is 11.6 Å². The Morgan fingerprint density at radius 1 is 1.33 bits per heavy atom. The monoisotopic (exact) mass is 260 g/mol. The predicted octanol–water partition coefficient (Wildman–Crippen LogP) is 2.70. The van der Waals surface area contributed by atoms with Crippen molar-refractivity contribution in [2.75, 3.05) is 12.4 Å². The van der Waals surface area contributed by atoms with Crippen LogP contribution in [0.5, 0.6) is 5.75 Å². The molecule has 0 aliphatic carbocycles. The zero-order chi connectivity index (χ0) is 13.0. The van der Waals surface area contributed by atoms with Gasteiger partial charge in [0.25, 0.3) is 0 Å². The zero-order valence-electron chi connectivity index (χ0n) is 9.51. The number of hydrogen-bond donors (Lipinski definition) is 1. The van der Waals surface area contributed by atoms with Crippen LogP contribution in [0.3, 0.4) is 0 Å². The Morgan fingerprint density at radius 2 is 2.06 bits per heavy atom. The summed E-state index contributed by atoms with van der Waals surface area (Å²) < 4.78 is 5.25. The fourth-order valence-electron chi connectivity index (χ4n) is 1.49. The molecule has 5 nitrogen and oxygen atoms in total. The second kappa shape index (κ2) is 5.34. The third-order valence-electron chi connectivity index (χ3n) is 2.29. The van der Waals surface area contributed by atoms with E-state index in [0.29, 0.717) is 10.8 Å². The van der Waals surface area contributed by atoms with E-state index in [9.17, 15) is 0 Å². The molecule has 0 atom stereocenters. The summed E-state index contributed by atoms with van der Waals surface area (Å²) in [5.41, 5.74) is 1.56. The van der Waals surface area contributed by atoms with Crippen molar-refractivity contribution >= 4 is 17.5 Å². The van der Waals surface area contributed by atoms with Crippen molar-refractivity contribution in [1.82, 2.24) is 9.97 Å². The first-order chi connectivity index (χ1) is 8.74. The summed E-state index contributed by atoms with van der Waals surface area (Å²) in [5.74, 6) is 0.936. The van der Waals surface area contributed by atoms with E-state index in [1.165, 1.54) is 0 Å². The first-order valence-electron chi connectivity index (χ1n) is 5.05. The van der Waals surface area contributed by atoms with Crippen LogP contribution in [0.1, 0.15) is 0 Å². The molecule has 1 aromatic heterocycles. The van der Waals surface area contributed by atoms with Gasteiger partial charge in [0.15, 0.2) is 6.19 Å². The average Bonchev–Trinajstić information content (AvgIpc) is 2.40. The molecule has 2 rings (SSSR count). The van der Waals surface area contributed by atoms with Gasteiger partial charge >= 0.3 is 0 Å². The minimum absolute atomic E-state index is 0.252. The fourth-order valence-corrected chi connectivity index (χ4v) is 1.66. The SMILES string of the molecule is COc1ccc(Cl)cc1-c1cnc(NC#N)nc1. The molecule has 0 spiro atoms. The Hall–Kier alpha value is -2.32. The first kappa shape index (κ1) is 12.1. The van der Waals surface area contributed by atoms with E-state index in [4.69, 9.17) is 21.6 Å². The minimum atomic E-state index is 0.252. The Balaban J connectivity index is 2.42. The van der Waals surface area contributed by atoms with Crippen LogP contribution < -0.4 is 10.1 Å². The number of halogens is 1. The van der Waals surface area contributed by atoms with Crippen LogP contribution in [0.4, 0.5) is 5.95 Å². The van der Waals surface area contributed by atoms with Gasteiger partial charge < -0.3 is 4.74 Å². The summed E-state index contributed by atoms with van der Waals surface area (Å²) in [7, 11) is 1.58. The Bertz CT molecular complexity index is 592. The molecule has 1 N–H and O–H groups in total. The number of nitrogens with one attached hydrogen (secondary N) is 1. The lowest BCUT2D eigenvalue weighted by Crippen LogP contribution is -1.96. The second-order valence-electron chi connectivity index (χ2n) is 3.38. The largest absolute Gasteiger partial charge is 0.496 e. The van der Waals surface area contributed by atoms with Crippen LogP contribution in [0.15, 0.2) is 30.6 Å². The van der Waals surface area contributed by atoms with Crippen LogP contribution in [0.25, 0.3) is 11.1 Å². The Labute approximate surface area is 109 Å². The van der Waals surface area contributed by atoms with Gasteiger partial charge in [0.05, 0.1) is 7.11 Å². The lowest BCUT2D eigenvalue weighted by Gasteiger charge is -2.08. The molecule has 0 saturated carbocycles. The number of nitriles is 1. The van der Waals surface area contributed by atoms with Crippen molar-refractivity contribution in [3.63, 3.8) is 0 Å². The first-order valence-corrected chi connectivity index (χ1v) is 5.43. The topological polar surface area (TPSA) is 70.8 Å². The molecule has 18 heavy (non-hydrogen) atoms. The average molecular weight is 261 g/mol. The van der Waals surface area contributed by atoms with Gasteiger partial charge in [0.1, 0.15) is 5.75 Å². The van der Waals surface area contributed by atoms with Gasteiger partial charge in [0, 0.05) is 28.5 Å². The van der Waals surface area contributed by atoms with Crippen LogP contribution in [0.2, 0.25) is 5.02 Å². The number of nitrogens with zero attached hydrogens (tertiary/aromatic N) is 3. The summed E-state index contributed by atoms with van der Waals surface area (Å²) in [4.78, 5) is 8.01. The van der Waals surface area contributed by atoms with Crippen LogP contribution in [0, 0.1) is 11.5 Å². The number of ether oxygens (including phenoxy) is 1. The van der Waals surface area contributed by atoms with Gasteiger partial charge in [-0.05, 0) is 18.2 Å². The van der Waals surface area contributed by atoms with Gasteiger partial charge in [-0.15, -0.1) is 0 Å². The number of aromatic nitrogens is 2. The third-order valence-corrected chi connectivity index (χ3v) is 2.53. The molecular weight excluding hydrogens is 252 g/mol. The van der Waals surface area contributed by atoms with E-state index in [1.807, 2.05) is 0 Å². The van der Waals surface area contributed by atoms with Gasteiger partial charge in [0.2, 0.25) is 5.95 Å². The molecule has 0 unspecified atom stereocenters. The maximum atomic E-state index is 8.45. The van der Waals surface area contributed by atoms with Crippen molar-refractivity contribution in [1.29, 1.82) is 5.26 Å². The quantitative estimate of drug-likeness (QED) is 0.679. The van der Waals surface area contributed by atoms with E-state index in [-0.39, 0.29) is 5.95 Å². The Kier molecular flexibility index (Phi) is 3.60. The van der Waals surface area contributed by atoms with Crippen LogP contribution in [-0.2, 0) is 0 Å². The lowest BCUT2D eigenvalue weighted by atomic mass is 10.1. The minimum Gasteiger partial charge on any atom is -0.496 e. The normalized spacial score (nSPS) is 9.61. The molecule has 0 bridgehead atoms. The van der Waals surface area contributed by atoms with Gasteiger partial charge in [-0.2, -0.15) is 5.26 Å². The predicted molar refractivity (Wildman–Crippen MR) is 68.3 cm³/mol. The maximum absolute atomic E-state index is 8.45. The van der Waals surface area contributed by atoms with Crippen LogP contribution >= 0.6 is 11.6 Å². The van der Waals surface area contributed by atoms with E-state index >= 15 is 0 Å². The summed E-state index contributed by atoms with van der Waals surface area (Å²) in [6.45, 7) is 0. The van der Waals surface area contributed by atoms with Crippen molar-refractivity contribution in [2.24, 2.45) is 0 Å². The highest BCUT2D eigenvalue weighted by atomic mass is 35.5. The van der Waals surface area contributed by atoms with E-state index in [1.54, 1.807) is 43.9 Å². The molecular formula is C12H9ClN4O. The fraction of sp³-hybridized carbons (Fsp3) is 0.0833. The summed E-state index contributed by atoms with van der Waals surface area (Å²) in [6, 6.07) is 5.30. The molecule has 0 saturated heterocycles. The summed E-state index contributed by atoms with van der Waals surface area (Å²) >= 11 is 5.95. The van der Waals surface area contributed by atoms with Crippen LogP contribution in [-0.4, -0.2) is 17.1 Å². The third kappa shape index (κ3) is 2.50. The molecule has 0 aliphatic rings. The molecule has 0 aliphatic heterocycles. The smallest absolute Gasteiger partial charge is 0.236 e. The molecule has 90 valence electrons. The highest BCUT2D eigenvalue weighted by Crippen LogP contribution is 2.31. The lowest BCUT2D eigenvalue weighted by molar-refractivity contribution is 0.416. The highest BCUT2D eigenvalue weighted by Gasteiger charge is 2.07. The Morgan fingerprint density at radius 3 is 2.67 bits per heavy atom. The van der Waals surface area contributed by atoms with Crippen molar-refractivity contribution < 1.29 is 4.74 Å². The van der Waals surface area contributed by atoms with Crippen molar-refractivity contribution in [3.8, 4) is 23.1 Å². The number of benzene rings is 1. The number of methoxy groups -OCH3 is 1. The molecule has 0 radical (unpaired) electrons. The van der Waals surface area contributed by atoms with Gasteiger partial charge in [-0.25, -0.2) is 9.97 Å². The molecule has 1 aromatic carbocycles. The maximum Gasteiger partial charge on any atom is 0.236 e. The standard InChI is InChI=1S/C12H9ClN4O/c1-18-11-3-2-9(13)4-10(11)8-5-15-12(16-6-8)17-7-14/h2-6H,1H3,(H,15,16,17). The van der Waals surface area contributed by atoms with E-state index in [2.05, 4.69) is 15.3 Å². The number of hydrogen-bond acceptors (Lipinski definition) is 5. The molecule has 6 heteroatoms. The molecule has 0 amide bonds.